The van der Waals surface area contributed by atoms with Gasteiger partial charge in [0.2, 0.25) is 0 Å². The van der Waals surface area contributed by atoms with Crippen LogP contribution in [0, 0.1) is 22.7 Å². The van der Waals surface area contributed by atoms with Gasteiger partial charge < -0.3 is 5.32 Å². The first kappa shape index (κ1) is 15.4. The van der Waals surface area contributed by atoms with Gasteiger partial charge >= 0.3 is 0 Å². The zero-order chi connectivity index (χ0) is 14.8. The normalized spacial score (nSPS) is 26.9. The number of benzene rings is 1. The van der Waals surface area contributed by atoms with Crippen molar-refractivity contribution in [1.29, 1.82) is 5.26 Å². The molecule has 1 aliphatic carbocycles. The van der Waals surface area contributed by atoms with Gasteiger partial charge in [-0.1, -0.05) is 45.7 Å². The van der Waals surface area contributed by atoms with Gasteiger partial charge in [0.15, 0.2) is 0 Å². The Balaban J connectivity index is 2.37. The minimum Gasteiger partial charge on any atom is -0.366 e. The van der Waals surface area contributed by atoms with Gasteiger partial charge in [-0.15, -0.1) is 0 Å². The Kier molecular flexibility index (Phi) is 4.44. The summed E-state index contributed by atoms with van der Waals surface area (Å²) >= 11 is 3.57. The molecular weight excluding hydrogens is 312 g/mol. The lowest BCUT2D eigenvalue weighted by atomic mass is 9.62. The lowest BCUT2D eigenvalue weighted by Gasteiger charge is -2.46. The summed E-state index contributed by atoms with van der Waals surface area (Å²) in [7, 11) is 0. The average molecular weight is 335 g/mol. The first-order valence-electron chi connectivity index (χ1n) is 7.33. The number of nitrogens with zero attached hydrogens (tertiary/aromatic N) is 1. The van der Waals surface area contributed by atoms with Gasteiger partial charge in [-0.05, 0) is 46.3 Å². The maximum atomic E-state index is 9.90. The lowest BCUT2D eigenvalue weighted by molar-refractivity contribution is 0.127. The van der Waals surface area contributed by atoms with Crippen molar-refractivity contribution in [2.45, 2.75) is 52.0 Å². The predicted molar refractivity (Wildman–Crippen MR) is 87.5 cm³/mol. The van der Waals surface area contributed by atoms with E-state index in [9.17, 15) is 5.26 Å². The Morgan fingerprint density at radius 2 is 2.00 bits per heavy atom. The molecule has 0 aromatic heterocycles. The highest BCUT2D eigenvalue weighted by atomic mass is 79.9. The molecule has 0 radical (unpaired) electrons. The number of hydrogen-bond donors (Lipinski definition) is 1. The summed E-state index contributed by atoms with van der Waals surface area (Å²) in [5.41, 5.74) is 0.690. The smallest absolute Gasteiger partial charge is 0.128 e. The van der Waals surface area contributed by atoms with Crippen LogP contribution in [-0.2, 0) is 0 Å². The largest absolute Gasteiger partial charge is 0.366 e. The van der Waals surface area contributed by atoms with Crippen LogP contribution in [0.15, 0.2) is 28.7 Å². The minimum absolute atomic E-state index is 0.129. The summed E-state index contributed by atoms with van der Waals surface area (Å²) in [5.74, 6) is 0.362. The van der Waals surface area contributed by atoms with Gasteiger partial charge in [-0.25, -0.2) is 0 Å². The third-order valence-corrected chi connectivity index (χ3v) is 5.08. The second kappa shape index (κ2) is 5.77. The molecule has 3 heteroatoms. The lowest BCUT2D eigenvalue weighted by Crippen LogP contribution is -2.51. The number of anilines is 1. The molecule has 1 aliphatic rings. The van der Waals surface area contributed by atoms with Crippen LogP contribution in [0.5, 0.6) is 0 Å². The quantitative estimate of drug-likeness (QED) is 0.790. The molecule has 1 fully saturated rings. The molecule has 2 atom stereocenters. The number of para-hydroxylation sites is 1. The van der Waals surface area contributed by atoms with E-state index in [2.05, 4.69) is 48.1 Å². The number of rotatable bonds is 2. The van der Waals surface area contributed by atoms with E-state index >= 15 is 0 Å². The topological polar surface area (TPSA) is 35.8 Å². The molecular formula is C17H23BrN2. The third-order valence-electron chi connectivity index (χ3n) is 4.39. The van der Waals surface area contributed by atoms with E-state index in [1.165, 1.54) is 6.42 Å². The van der Waals surface area contributed by atoms with E-state index in [1.807, 2.05) is 24.3 Å². The molecule has 0 bridgehead atoms. The van der Waals surface area contributed by atoms with E-state index in [-0.39, 0.29) is 5.41 Å². The fourth-order valence-corrected chi connectivity index (χ4v) is 3.84. The van der Waals surface area contributed by atoms with Crippen LogP contribution in [-0.4, -0.2) is 5.54 Å². The monoisotopic (exact) mass is 334 g/mol. The second-order valence-corrected chi connectivity index (χ2v) is 7.71. The molecule has 2 unspecified atom stereocenters. The Labute approximate surface area is 130 Å². The van der Waals surface area contributed by atoms with Crippen molar-refractivity contribution in [3.05, 3.63) is 28.7 Å². The Hall–Kier alpha value is -1.01. The zero-order valence-electron chi connectivity index (χ0n) is 12.5. The van der Waals surface area contributed by atoms with E-state index in [1.54, 1.807) is 0 Å². The summed E-state index contributed by atoms with van der Waals surface area (Å²) in [5, 5.41) is 13.5. The van der Waals surface area contributed by atoms with Crippen molar-refractivity contribution in [2.75, 3.05) is 5.32 Å². The van der Waals surface area contributed by atoms with Crippen molar-refractivity contribution in [2.24, 2.45) is 11.3 Å². The van der Waals surface area contributed by atoms with Crippen LogP contribution in [0.1, 0.15) is 46.5 Å². The van der Waals surface area contributed by atoms with E-state index in [0.717, 1.165) is 29.4 Å². The van der Waals surface area contributed by atoms with Gasteiger partial charge in [0.05, 0.1) is 6.07 Å². The maximum Gasteiger partial charge on any atom is 0.128 e. The fraction of sp³-hybridized carbons (Fsp3) is 0.588. The van der Waals surface area contributed by atoms with Crippen molar-refractivity contribution in [3.8, 4) is 6.07 Å². The maximum absolute atomic E-state index is 9.90. The number of hydrogen-bond acceptors (Lipinski definition) is 2. The first-order chi connectivity index (χ1) is 9.39. The van der Waals surface area contributed by atoms with Crippen LogP contribution < -0.4 is 5.32 Å². The summed E-state index contributed by atoms with van der Waals surface area (Å²) in [6, 6.07) is 10.7. The molecule has 20 heavy (non-hydrogen) atoms. The molecule has 1 aromatic rings. The summed E-state index contributed by atoms with van der Waals surface area (Å²) in [6.07, 6.45) is 4.39. The Morgan fingerprint density at radius 1 is 1.30 bits per heavy atom. The van der Waals surface area contributed by atoms with Crippen molar-refractivity contribution >= 4 is 21.6 Å². The van der Waals surface area contributed by atoms with Gasteiger partial charge in [0.1, 0.15) is 5.54 Å². The number of nitrogens with one attached hydrogen (secondary N) is 1. The molecule has 1 aromatic carbocycles. The molecule has 0 amide bonds. The van der Waals surface area contributed by atoms with Crippen molar-refractivity contribution < 1.29 is 0 Å². The highest BCUT2D eigenvalue weighted by molar-refractivity contribution is 9.10. The molecule has 0 spiro atoms. The van der Waals surface area contributed by atoms with Crippen molar-refractivity contribution in [1.82, 2.24) is 0 Å². The van der Waals surface area contributed by atoms with Crippen molar-refractivity contribution in [3.63, 3.8) is 0 Å². The minimum atomic E-state index is -0.458. The molecule has 2 rings (SSSR count). The molecule has 0 aliphatic heterocycles. The Bertz CT molecular complexity index is 512. The van der Waals surface area contributed by atoms with Crippen LogP contribution in [0.2, 0.25) is 0 Å². The summed E-state index contributed by atoms with van der Waals surface area (Å²) in [4.78, 5) is 0. The van der Waals surface area contributed by atoms with Gasteiger partial charge in [-0.3, -0.25) is 0 Å². The molecule has 1 N–H and O–H groups in total. The highest BCUT2D eigenvalue weighted by Gasteiger charge is 2.46. The highest BCUT2D eigenvalue weighted by Crippen LogP contribution is 2.46. The van der Waals surface area contributed by atoms with E-state index < -0.39 is 5.54 Å². The summed E-state index contributed by atoms with van der Waals surface area (Å²) in [6.45, 7) is 6.74. The number of nitriles is 1. The number of halogens is 1. The summed E-state index contributed by atoms with van der Waals surface area (Å²) < 4.78 is 1.02. The van der Waals surface area contributed by atoms with Gasteiger partial charge in [0, 0.05) is 16.1 Å². The third kappa shape index (κ3) is 3.01. The SMILES string of the molecule is CC(C)(C)C1CCCCC1(C#N)Nc1ccccc1Br. The first-order valence-corrected chi connectivity index (χ1v) is 8.12. The predicted octanol–water partition coefficient (Wildman–Crippen LogP) is 5.36. The van der Waals surface area contributed by atoms with Crippen LogP contribution in [0.25, 0.3) is 0 Å². The molecule has 108 valence electrons. The zero-order valence-corrected chi connectivity index (χ0v) is 14.1. The van der Waals surface area contributed by atoms with Gasteiger partial charge in [-0.2, -0.15) is 5.26 Å². The molecule has 0 saturated heterocycles. The van der Waals surface area contributed by atoms with Crippen LogP contribution in [0.4, 0.5) is 5.69 Å². The fourth-order valence-electron chi connectivity index (χ4n) is 3.46. The molecule has 1 saturated carbocycles. The van der Waals surface area contributed by atoms with E-state index in [0.29, 0.717) is 5.92 Å². The van der Waals surface area contributed by atoms with Crippen LogP contribution in [0.3, 0.4) is 0 Å². The average Bonchev–Trinajstić information content (AvgIpc) is 2.41. The van der Waals surface area contributed by atoms with E-state index in [4.69, 9.17) is 0 Å². The standard InChI is InChI=1S/C17H23BrN2/c1-16(2,3)15-10-6-7-11-17(15,12-19)20-14-9-5-4-8-13(14)18/h4-5,8-9,15,20H,6-7,10-11H2,1-3H3. The Morgan fingerprint density at radius 3 is 2.60 bits per heavy atom. The van der Waals surface area contributed by atoms with Crippen LogP contribution >= 0.6 is 15.9 Å². The molecule has 0 heterocycles. The second-order valence-electron chi connectivity index (χ2n) is 6.85. The molecule has 2 nitrogen and oxygen atoms in total. The van der Waals surface area contributed by atoms with Gasteiger partial charge in [0.25, 0.3) is 0 Å².